The lowest BCUT2D eigenvalue weighted by Gasteiger charge is -2.27. The van der Waals surface area contributed by atoms with Crippen LogP contribution in [0.15, 0.2) is 42.7 Å². The molecule has 0 fully saturated rings. The van der Waals surface area contributed by atoms with Crippen LogP contribution in [0.25, 0.3) is 5.57 Å². The fourth-order valence-electron chi connectivity index (χ4n) is 2.66. The van der Waals surface area contributed by atoms with Gasteiger partial charge >= 0.3 is 6.18 Å². The smallest absolute Gasteiger partial charge is 0.334 e. The molecule has 1 amide bonds. The Bertz CT molecular complexity index is 735. The number of carbonyl (C=O) groups excluding carboxylic acids is 1. The SMILES string of the molecule is O=C(c1cn[nH]c1)N1CC=C(c2ccccc2C(F)(F)F)CC1. The zero-order chi connectivity index (χ0) is 16.4. The van der Waals surface area contributed by atoms with Crippen molar-refractivity contribution in [2.24, 2.45) is 0 Å². The lowest BCUT2D eigenvalue weighted by atomic mass is 9.94. The van der Waals surface area contributed by atoms with Gasteiger partial charge in [0.15, 0.2) is 0 Å². The molecule has 2 heterocycles. The van der Waals surface area contributed by atoms with Crippen molar-refractivity contribution in [2.75, 3.05) is 13.1 Å². The summed E-state index contributed by atoms with van der Waals surface area (Å²) < 4.78 is 39.3. The molecule has 4 nitrogen and oxygen atoms in total. The van der Waals surface area contributed by atoms with Crippen LogP contribution in [0, 0.1) is 0 Å². The zero-order valence-corrected chi connectivity index (χ0v) is 12.1. The molecule has 0 saturated carbocycles. The molecule has 0 saturated heterocycles. The molecular weight excluding hydrogens is 307 g/mol. The number of aromatic amines is 1. The summed E-state index contributed by atoms with van der Waals surface area (Å²) in [4.78, 5) is 13.8. The molecule has 1 aromatic carbocycles. The molecule has 0 radical (unpaired) electrons. The molecule has 1 N–H and O–H groups in total. The maximum atomic E-state index is 13.1. The minimum absolute atomic E-state index is 0.182. The molecule has 7 heteroatoms. The molecule has 120 valence electrons. The Morgan fingerprint density at radius 1 is 1.26 bits per heavy atom. The van der Waals surface area contributed by atoms with Gasteiger partial charge < -0.3 is 4.90 Å². The van der Waals surface area contributed by atoms with Crippen molar-refractivity contribution in [1.82, 2.24) is 15.1 Å². The van der Waals surface area contributed by atoms with Crippen LogP contribution < -0.4 is 0 Å². The average Bonchev–Trinajstić information content (AvgIpc) is 3.08. The van der Waals surface area contributed by atoms with Gasteiger partial charge in [0, 0.05) is 19.3 Å². The van der Waals surface area contributed by atoms with Crippen molar-refractivity contribution in [3.05, 3.63) is 59.4 Å². The van der Waals surface area contributed by atoms with Gasteiger partial charge in [-0.15, -0.1) is 0 Å². The maximum Gasteiger partial charge on any atom is 0.416 e. The molecule has 23 heavy (non-hydrogen) atoms. The lowest BCUT2D eigenvalue weighted by molar-refractivity contribution is -0.137. The van der Waals surface area contributed by atoms with Crippen LogP contribution in [0.4, 0.5) is 13.2 Å². The molecule has 0 atom stereocenters. The van der Waals surface area contributed by atoms with Gasteiger partial charge in [-0.25, -0.2) is 0 Å². The summed E-state index contributed by atoms with van der Waals surface area (Å²) in [5.74, 6) is -0.182. The van der Waals surface area contributed by atoms with Crippen molar-refractivity contribution in [3.8, 4) is 0 Å². The number of carbonyl (C=O) groups is 1. The first-order valence-electron chi connectivity index (χ1n) is 7.10. The van der Waals surface area contributed by atoms with Crippen molar-refractivity contribution in [3.63, 3.8) is 0 Å². The molecule has 2 aromatic rings. The fourth-order valence-corrected chi connectivity index (χ4v) is 2.66. The van der Waals surface area contributed by atoms with Gasteiger partial charge in [0.1, 0.15) is 0 Å². The number of benzene rings is 1. The number of nitrogens with zero attached hydrogens (tertiary/aromatic N) is 2. The minimum atomic E-state index is -4.39. The van der Waals surface area contributed by atoms with Gasteiger partial charge in [0.2, 0.25) is 0 Å². The summed E-state index contributed by atoms with van der Waals surface area (Å²) in [6, 6.07) is 5.53. The monoisotopic (exact) mass is 321 g/mol. The highest BCUT2D eigenvalue weighted by molar-refractivity contribution is 5.94. The first-order valence-corrected chi connectivity index (χ1v) is 7.10. The van der Waals surface area contributed by atoms with E-state index in [4.69, 9.17) is 0 Å². The van der Waals surface area contributed by atoms with E-state index in [9.17, 15) is 18.0 Å². The number of rotatable bonds is 2. The third-order valence-corrected chi connectivity index (χ3v) is 3.82. The number of amides is 1. The normalized spacial score (nSPS) is 15.4. The maximum absolute atomic E-state index is 13.1. The molecule has 0 aliphatic carbocycles. The van der Waals surface area contributed by atoms with E-state index in [1.54, 1.807) is 17.0 Å². The lowest BCUT2D eigenvalue weighted by Crippen LogP contribution is -2.34. The molecular formula is C16H14F3N3O. The van der Waals surface area contributed by atoms with E-state index < -0.39 is 11.7 Å². The summed E-state index contributed by atoms with van der Waals surface area (Å²) in [6.45, 7) is 0.660. The predicted molar refractivity (Wildman–Crippen MR) is 78.5 cm³/mol. The van der Waals surface area contributed by atoms with Crippen LogP contribution in [-0.4, -0.2) is 34.1 Å². The van der Waals surface area contributed by atoms with Gasteiger partial charge in [-0.2, -0.15) is 18.3 Å². The minimum Gasteiger partial charge on any atom is -0.334 e. The highest BCUT2D eigenvalue weighted by atomic mass is 19.4. The fraction of sp³-hybridized carbons (Fsp3) is 0.250. The molecule has 1 aromatic heterocycles. The summed E-state index contributed by atoms with van der Waals surface area (Å²) in [7, 11) is 0. The molecule has 1 aliphatic rings. The second-order valence-electron chi connectivity index (χ2n) is 5.26. The Balaban J connectivity index is 1.82. The van der Waals surface area contributed by atoms with Crippen LogP contribution in [0.3, 0.4) is 0 Å². The van der Waals surface area contributed by atoms with E-state index in [0.29, 0.717) is 24.1 Å². The van der Waals surface area contributed by atoms with Crippen LogP contribution in [0.2, 0.25) is 0 Å². The van der Waals surface area contributed by atoms with Gasteiger partial charge in [-0.3, -0.25) is 9.89 Å². The Hall–Kier alpha value is -2.57. The molecule has 0 spiro atoms. The second kappa shape index (κ2) is 5.91. The first-order chi connectivity index (χ1) is 11.0. The van der Waals surface area contributed by atoms with Crippen molar-refractivity contribution >= 4 is 11.5 Å². The zero-order valence-electron chi connectivity index (χ0n) is 12.1. The standard InChI is InChI=1S/C16H14F3N3O/c17-16(18,19)14-4-2-1-3-13(14)11-5-7-22(8-6-11)15(23)12-9-20-21-10-12/h1-5,9-10H,6-8H2,(H,20,21). The van der Waals surface area contributed by atoms with Crippen molar-refractivity contribution in [1.29, 1.82) is 0 Å². The summed E-state index contributed by atoms with van der Waals surface area (Å²) in [5.41, 5.74) is 0.614. The number of H-pyrrole nitrogens is 1. The third-order valence-electron chi connectivity index (χ3n) is 3.82. The number of aromatic nitrogens is 2. The van der Waals surface area contributed by atoms with Crippen LogP contribution >= 0.6 is 0 Å². The summed E-state index contributed by atoms with van der Waals surface area (Å²) in [5, 5.41) is 6.30. The summed E-state index contributed by atoms with van der Waals surface area (Å²) >= 11 is 0. The van der Waals surface area contributed by atoms with Gasteiger partial charge in [-0.05, 0) is 23.6 Å². The van der Waals surface area contributed by atoms with E-state index in [1.165, 1.54) is 24.5 Å². The quantitative estimate of drug-likeness (QED) is 0.922. The van der Waals surface area contributed by atoms with Gasteiger partial charge in [0.05, 0.1) is 17.3 Å². The Kier molecular flexibility index (Phi) is 3.94. The number of alkyl halides is 3. The topological polar surface area (TPSA) is 49.0 Å². The number of hydrogen-bond donors (Lipinski definition) is 1. The number of halogens is 3. The van der Waals surface area contributed by atoms with Crippen LogP contribution in [-0.2, 0) is 6.18 Å². The third kappa shape index (κ3) is 3.13. The first kappa shape index (κ1) is 15.3. The summed E-state index contributed by atoms with van der Waals surface area (Å²) in [6.07, 6.45) is 0.616. The van der Waals surface area contributed by atoms with Crippen LogP contribution in [0.5, 0.6) is 0 Å². The average molecular weight is 321 g/mol. The molecule has 3 rings (SSSR count). The van der Waals surface area contributed by atoms with Crippen molar-refractivity contribution < 1.29 is 18.0 Å². The molecule has 1 aliphatic heterocycles. The largest absolute Gasteiger partial charge is 0.416 e. The van der Waals surface area contributed by atoms with Crippen molar-refractivity contribution in [2.45, 2.75) is 12.6 Å². The number of nitrogens with one attached hydrogen (secondary N) is 1. The van der Waals surface area contributed by atoms with Crippen LogP contribution in [0.1, 0.15) is 27.9 Å². The number of hydrogen-bond acceptors (Lipinski definition) is 2. The van der Waals surface area contributed by atoms with E-state index in [1.807, 2.05) is 0 Å². The van der Waals surface area contributed by atoms with E-state index in [0.717, 1.165) is 6.07 Å². The molecule has 0 bridgehead atoms. The Morgan fingerprint density at radius 2 is 2.04 bits per heavy atom. The Labute approximate surface area is 130 Å². The van der Waals surface area contributed by atoms with E-state index in [2.05, 4.69) is 10.2 Å². The van der Waals surface area contributed by atoms with E-state index in [-0.39, 0.29) is 18.0 Å². The second-order valence-corrected chi connectivity index (χ2v) is 5.26. The van der Waals surface area contributed by atoms with E-state index >= 15 is 0 Å². The predicted octanol–water partition coefficient (Wildman–Crippen LogP) is 3.36. The van der Waals surface area contributed by atoms with Gasteiger partial charge in [0.25, 0.3) is 5.91 Å². The van der Waals surface area contributed by atoms with Gasteiger partial charge in [-0.1, -0.05) is 24.3 Å². The molecule has 0 unspecified atom stereocenters. The highest BCUT2D eigenvalue weighted by Crippen LogP contribution is 2.36. The Morgan fingerprint density at radius 3 is 2.65 bits per heavy atom. The highest BCUT2D eigenvalue weighted by Gasteiger charge is 2.34.